The molecule has 0 radical (unpaired) electrons. The number of amides is 2. The maximum absolute atomic E-state index is 10.8. The minimum absolute atomic E-state index is 0.0231. The molecule has 2 aromatic heterocycles. The fraction of sp³-hybridized carbons (Fsp3) is 0.250. The third kappa shape index (κ3) is 9.00. The monoisotopic (exact) mass is 458 g/mol. The predicted octanol–water partition coefficient (Wildman–Crippen LogP) is 2.81. The molecule has 2 fully saturated rings. The molecule has 4 rings (SSSR count). The maximum Gasteiger partial charge on any atom is 0.236 e. The number of nitrogens with zero attached hydrogens (tertiary/aromatic N) is 1. The lowest BCUT2D eigenvalue weighted by Crippen LogP contribution is -2.20. The molecule has 4 N–H and O–H groups in total. The maximum atomic E-state index is 10.8. The number of rotatable bonds is 3. The molecule has 0 aliphatic carbocycles. The molecule has 0 saturated carbocycles. The van der Waals surface area contributed by atoms with Gasteiger partial charge in [-0.3, -0.25) is 14.6 Å². The van der Waals surface area contributed by atoms with Crippen molar-refractivity contribution in [2.75, 3.05) is 11.5 Å². The summed E-state index contributed by atoms with van der Waals surface area (Å²) in [5, 5.41) is 9.97. The first-order valence-corrected chi connectivity index (χ1v) is 11.9. The van der Waals surface area contributed by atoms with Crippen molar-refractivity contribution in [3.63, 3.8) is 0 Å². The van der Waals surface area contributed by atoms with Gasteiger partial charge in [-0.05, 0) is 22.9 Å². The number of hydrogen-bond donors (Lipinski definition) is 3. The van der Waals surface area contributed by atoms with Crippen LogP contribution < -0.4 is 16.4 Å². The van der Waals surface area contributed by atoms with Gasteiger partial charge in [0.1, 0.15) is 4.32 Å². The van der Waals surface area contributed by atoms with Gasteiger partial charge in [0.2, 0.25) is 11.8 Å². The van der Waals surface area contributed by atoms with Crippen molar-refractivity contribution in [3.8, 4) is 0 Å². The Hall–Kier alpha value is -1.24. The van der Waals surface area contributed by atoms with Crippen LogP contribution in [0, 0.1) is 0 Å². The van der Waals surface area contributed by atoms with Crippen LogP contribution in [0.3, 0.4) is 0 Å². The van der Waals surface area contributed by atoms with Crippen molar-refractivity contribution in [2.45, 2.75) is 13.1 Å². The second-order valence-corrected chi connectivity index (χ2v) is 9.63. The molecular formula is C16H18N4O2S5. The van der Waals surface area contributed by atoms with Gasteiger partial charge in [0.05, 0.1) is 18.1 Å². The molecule has 0 bridgehead atoms. The van der Waals surface area contributed by atoms with Crippen molar-refractivity contribution < 1.29 is 9.59 Å². The quantitative estimate of drug-likeness (QED) is 0.612. The molecule has 27 heavy (non-hydrogen) atoms. The van der Waals surface area contributed by atoms with Crippen LogP contribution in [-0.2, 0) is 22.7 Å². The Balaban J connectivity index is 0.000000159. The van der Waals surface area contributed by atoms with Crippen LogP contribution in [0.5, 0.6) is 0 Å². The Morgan fingerprint density at radius 2 is 1.63 bits per heavy atom. The Bertz CT molecular complexity index is 761. The number of nitrogens with two attached hydrogens (primary N) is 1. The summed E-state index contributed by atoms with van der Waals surface area (Å²) in [6, 6.07) is 8.08. The molecule has 4 heterocycles. The Morgan fingerprint density at radius 3 is 2.00 bits per heavy atom. The van der Waals surface area contributed by atoms with Crippen molar-refractivity contribution in [3.05, 3.63) is 44.8 Å². The lowest BCUT2D eigenvalue weighted by atomic mass is 10.5. The summed E-state index contributed by atoms with van der Waals surface area (Å²) in [5.74, 6) is 1.08. The number of nitrogens with one attached hydrogen (secondary N) is 2. The van der Waals surface area contributed by atoms with Gasteiger partial charge >= 0.3 is 0 Å². The first-order chi connectivity index (χ1) is 13.1. The van der Waals surface area contributed by atoms with E-state index in [0.717, 1.165) is 5.17 Å². The van der Waals surface area contributed by atoms with Gasteiger partial charge in [-0.2, -0.15) is 0 Å². The minimum atomic E-state index is 0.0231. The molecule has 2 amide bonds. The van der Waals surface area contributed by atoms with Crippen molar-refractivity contribution in [2.24, 2.45) is 10.7 Å². The van der Waals surface area contributed by atoms with E-state index in [2.05, 4.69) is 27.8 Å². The standard InChI is InChI=1S/C8H8N2OS2.C5H7NS.C3H3NOS2/c11-7-5-13-8(10-7)9-4-6-2-1-3-12-6;6-4-5-2-1-3-7-5;5-2-1-7-3(6)4-2/h1-3H,4-5H2,(H,9,10,11);1-3H,4,6H2;1H2,(H,4,5,6). The van der Waals surface area contributed by atoms with Crippen LogP contribution in [0.2, 0.25) is 0 Å². The van der Waals surface area contributed by atoms with Gasteiger partial charge in [0.15, 0.2) is 5.17 Å². The molecule has 11 heteroatoms. The number of hydrogen-bond acceptors (Lipinski definition) is 9. The highest BCUT2D eigenvalue weighted by Gasteiger charge is 2.15. The SMILES string of the molecule is NCc1cccs1.O=C1CSC(=NCc2cccs2)N1.O=C1CSC(=S)N1. The third-order valence-electron chi connectivity index (χ3n) is 2.90. The molecule has 2 aliphatic rings. The first-order valence-electron chi connectivity index (χ1n) is 7.75. The molecule has 0 spiro atoms. The van der Waals surface area contributed by atoms with Crippen LogP contribution in [0.4, 0.5) is 0 Å². The summed E-state index contributed by atoms with van der Waals surface area (Å²) in [6.45, 7) is 1.35. The topological polar surface area (TPSA) is 96.6 Å². The number of thiocarbonyl (C=S) groups is 1. The number of carbonyl (C=O) groups excluding carboxylic acids is 2. The van der Waals surface area contributed by atoms with Gasteiger partial charge in [-0.15, -0.1) is 22.7 Å². The Kier molecular flexibility index (Phi) is 10.0. The number of carbonyl (C=O) groups is 2. The molecule has 6 nitrogen and oxygen atoms in total. The van der Waals surface area contributed by atoms with Gasteiger partial charge in [0, 0.05) is 16.3 Å². The summed E-state index contributed by atoms with van der Waals surface area (Å²) in [6.07, 6.45) is 0. The second-order valence-electron chi connectivity index (χ2n) is 4.95. The molecule has 144 valence electrons. The minimum Gasteiger partial charge on any atom is -0.326 e. The van der Waals surface area contributed by atoms with E-state index < -0.39 is 0 Å². The smallest absolute Gasteiger partial charge is 0.236 e. The zero-order valence-electron chi connectivity index (χ0n) is 14.2. The van der Waals surface area contributed by atoms with Gasteiger partial charge < -0.3 is 16.4 Å². The van der Waals surface area contributed by atoms with E-state index in [1.54, 1.807) is 22.7 Å². The van der Waals surface area contributed by atoms with Crippen LogP contribution in [0.15, 0.2) is 40.0 Å². The fourth-order valence-electron chi connectivity index (χ4n) is 1.71. The molecular weight excluding hydrogens is 441 g/mol. The second kappa shape index (κ2) is 12.3. The third-order valence-corrected chi connectivity index (χ3v) is 6.80. The number of aliphatic imine (C=N–C) groups is 1. The highest BCUT2D eigenvalue weighted by molar-refractivity contribution is 8.24. The van der Waals surface area contributed by atoms with E-state index in [4.69, 9.17) is 5.73 Å². The average Bonchev–Trinajstić information content (AvgIpc) is 3.44. The van der Waals surface area contributed by atoms with E-state index in [9.17, 15) is 9.59 Å². The van der Waals surface area contributed by atoms with Crippen LogP contribution in [0.1, 0.15) is 9.75 Å². The molecule has 2 aromatic rings. The average molecular weight is 459 g/mol. The summed E-state index contributed by atoms with van der Waals surface area (Å²) in [7, 11) is 0. The van der Waals surface area contributed by atoms with Crippen molar-refractivity contribution >= 4 is 79.7 Å². The molecule has 2 aliphatic heterocycles. The van der Waals surface area contributed by atoms with Crippen molar-refractivity contribution in [1.29, 1.82) is 0 Å². The van der Waals surface area contributed by atoms with E-state index in [-0.39, 0.29) is 11.8 Å². The van der Waals surface area contributed by atoms with Gasteiger partial charge in [0.25, 0.3) is 0 Å². The van der Waals surface area contributed by atoms with E-state index in [0.29, 0.717) is 28.9 Å². The number of thioether (sulfide) groups is 2. The molecule has 0 aromatic carbocycles. The lowest BCUT2D eigenvalue weighted by molar-refractivity contribution is -0.117. The Labute approximate surface area is 179 Å². The van der Waals surface area contributed by atoms with E-state index >= 15 is 0 Å². The van der Waals surface area contributed by atoms with Crippen LogP contribution in [-0.4, -0.2) is 32.8 Å². The summed E-state index contributed by atoms with van der Waals surface area (Å²) >= 11 is 10.8. The fourth-order valence-corrected chi connectivity index (χ4v) is 4.41. The Morgan fingerprint density at radius 1 is 1.00 bits per heavy atom. The van der Waals surface area contributed by atoms with Crippen molar-refractivity contribution in [1.82, 2.24) is 10.6 Å². The van der Waals surface area contributed by atoms with Crippen LogP contribution in [0.25, 0.3) is 0 Å². The summed E-state index contributed by atoms with van der Waals surface area (Å²) in [4.78, 5) is 27.8. The lowest BCUT2D eigenvalue weighted by Gasteiger charge is -1.93. The normalized spacial score (nSPS) is 16.9. The number of amidine groups is 1. The zero-order valence-corrected chi connectivity index (χ0v) is 18.3. The summed E-state index contributed by atoms with van der Waals surface area (Å²) < 4.78 is 0.602. The van der Waals surface area contributed by atoms with E-state index in [1.165, 1.54) is 33.3 Å². The van der Waals surface area contributed by atoms with E-state index in [1.807, 2.05) is 35.0 Å². The molecule has 2 saturated heterocycles. The highest BCUT2D eigenvalue weighted by atomic mass is 32.2. The highest BCUT2D eigenvalue weighted by Crippen LogP contribution is 2.13. The summed E-state index contributed by atoms with van der Waals surface area (Å²) in [5.41, 5.74) is 5.30. The van der Waals surface area contributed by atoms with Crippen LogP contribution >= 0.6 is 58.4 Å². The van der Waals surface area contributed by atoms with Gasteiger partial charge in [-0.25, -0.2) is 0 Å². The predicted molar refractivity (Wildman–Crippen MR) is 121 cm³/mol. The largest absolute Gasteiger partial charge is 0.326 e. The van der Waals surface area contributed by atoms with Gasteiger partial charge in [-0.1, -0.05) is 47.9 Å². The number of thiophene rings is 2. The zero-order chi connectivity index (χ0) is 19.5. The molecule has 0 unspecified atom stereocenters. The first kappa shape index (κ1) is 22.1. The molecule has 0 atom stereocenters.